The van der Waals surface area contributed by atoms with Gasteiger partial charge >= 0.3 is 5.97 Å². The van der Waals surface area contributed by atoms with E-state index in [-0.39, 0.29) is 12.5 Å². The molecule has 1 aromatic rings. The molecule has 2 N–H and O–H groups in total. The van der Waals surface area contributed by atoms with Gasteiger partial charge in [0.25, 0.3) is 5.91 Å². The van der Waals surface area contributed by atoms with Gasteiger partial charge in [-0.3, -0.25) is 9.59 Å². The van der Waals surface area contributed by atoms with E-state index in [0.717, 1.165) is 4.47 Å². The average molecular weight is 386 g/mol. The van der Waals surface area contributed by atoms with Crippen molar-refractivity contribution in [3.8, 4) is 5.75 Å². The monoisotopic (exact) mass is 385 g/mol. The number of carboxylic acids is 1. The second-order valence-corrected chi connectivity index (χ2v) is 6.55. The van der Waals surface area contributed by atoms with Gasteiger partial charge in [-0.05, 0) is 38.0 Å². The van der Waals surface area contributed by atoms with Gasteiger partial charge in [0.2, 0.25) is 0 Å². The van der Waals surface area contributed by atoms with Gasteiger partial charge in [-0.1, -0.05) is 22.0 Å². The van der Waals surface area contributed by atoms with Crippen LogP contribution < -0.4 is 10.1 Å². The second kappa shape index (κ2) is 7.79. The van der Waals surface area contributed by atoms with E-state index in [9.17, 15) is 14.7 Å². The summed E-state index contributed by atoms with van der Waals surface area (Å²) in [6.07, 6.45) is 0.0717. The number of ether oxygens (including phenoxy) is 2. The summed E-state index contributed by atoms with van der Waals surface area (Å²) in [5.74, 6) is -0.667. The molecule has 0 aliphatic carbocycles. The molecule has 1 aromatic carbocycles. The summed E-state index contributed by atoms with van der Waals surface area (Å²) in [5.41, 5.74) is -0.955. The highest BCUT2D eigenvalue weighted by molar-refractivity contribution is 9.10. The molecule has 0 spiro atoms. The minimum Gasteiger partial charge on any atom is -0.481 e. The van der Waals surface area contributed by atoms with Crippen molar-refractivity contribution < 1.29 is 24.2 Å². The van der Waals surface area contributed by atoms with Crippen molar-refractivity contribution in [3.63, 3.8) is 0 Å². The van der Waals surface area contributed by atoms with Gasteiger partial charge in [-0.15, -0.1) is 0 Å². The first kappa shape index (κ1) is 17.7. The van der Waals surface area contributed by atoms with Crippen LogP contribution in [0.15, 0.2) is 28.7 Å². The largest absolute Gasteiger partial charge is 0.481 e. The van der Waals surface area contributed by atoms with Gasteiger partial charge in [0, 0.05) is 24.2 Å². The Hall–Kier alpha value is -1.60. The topological polar surface area (TPSA) is 84.9 Å². The molecule has 0 bridgehead atoms. The first-order chi connectivity index (χ1) is 10.9. The third-order valence-electron chi connectivity index (χ3n) is 3.98. The van der Waals surface area contributed by atoms with Crippen LogP contribution in [0, 0.1) is 5.41 Å². The summed E-state index contributed by atoms with van der Waals surface area (Å²) in [6, 6.07) is 7.19. The molecule has 1 aliphatic heterocycles. The summed E-state index contributed by atoms with van der Waals surface area (Å²) in [4.78, 5) is 23.7. The van der Waals surface area contributed by atoms with E-state index in [2.05, 4.69) is 21.2 Å². The first-order valence-corrected chi connectivity index (χ1v) is 8.23. The van der Waals surface area contributed by atoms with E-state index >= 15 is 0 Å². The first-order valence-electron chi connectivity index (χ1n) is 7.44. The van der Waals surface area contributed by atoms with Crippen molar-refractivity contribution in [2.45, 2.75) is 25.9 Å². The molecule has 1 saturated heterocycles. The molecule has 1 heterocycles. The van der Waals surface area contributed by atoms with E-state index in [0.29, 0.717) is 31.8 Å². The number of carbonyl (C=O) groups is 2. The molecule has 126 valence electrons. The SMILES string of the molecule is CC(Oc1cccc(Br)c1)C(=O)NCC1(C(=O)O)CCOCC1. The summed E-state index contributed by atoms with van der Waals surface area (Å²) in [7, 11) is 0. The maximum Gasteiger partial charge on any atom is 0.311 e. The zero-order valence-corrected chi connectivity index (χ0v) is 14.5. The standard InChI is InChI=1S/C16H20BrNO5/c1-11(23-13-4-2-3-12(17)9-13)14(19)18-10-16(15(20)21)5-7-22-8-6-16/h2-4,9,11H,5-8,10H2,1H3,(H,18,19)(H,20,21). The highest BCUT2D eigenvalue weighted by Gasteiger charge is 2.40. The van der Waals surface area contributed by atoms with Gasteiger partial charge in [0.15, 0.2) is 6.10 Å². The number of hydrogen-bond donors (Lipinski definition) is 2. The lowest BCUT2D eigenvalue weighted by atomic mass is 9.80. The lowest BCUT2D eigenvalue weighted by Crippen LogP contribution is -2.48. The van der Waals surface area contributed by atoms with Gasteiger partial charge in [0.1, 0.15) is 5.75 Å². The molecule has 1 aliphatic rings. The number of carbonyl (C=O) groups excluding carboxylic acids is 1. The average Bonchev–Trinajstić information content (AvgIpc) is 2.53. The predicted molar refractivity (Wildman–Crippen MR) is 87.4 cm³/mol. The van der Waals surface area contributed by atoms with E-state index in [1.807, 2.05) is 12.1 Å². The quantitative estimate of drug-likeness (QED) is 0.783. The summed E-state index contributed by atoms with van der Waals surface area (Å²) < 4.78 is 11.6. The number of aliphatic carboxylic acids is 1. The summed E-state index contributed by atoms with van der Waals surface area (Å²) in [6.45, 7) is 2.50. The molecule has 6 nitrogen and oxygen atoms in total. The van der Waals surface area contributed by atoms with E-state index in [4.69, 9.17) is 9.47 Å². The molecular formula is C16H20BrNO5. The van der Waals surface area contributed by atoms with Gasteiger partial charge < -0.3 is 19.9 Å². The van der Waals surface area contributed by atoms with Crippen LogP contribution in [0.1, 0.15) is 19.8 Å². The number of rotatable bonds is 6. The van der Waals surface area contributed by atoms with E-state index < -0.39 is 17.5 Å². The second-order valence-electron chi connectivity index (χ2n) is 5.63. The Morgan fingerprint density at radius 1 is 1.43 bits per heavy atom. The maximum atomic E-state index is 12.2. The Balaban J connectivity index is 1.91. The minimum absolute atomic E-state index is 0.0801. The summed E-state index contributed by atoms with van der Waals surface area (Å²) in [5, 5.41) is 12.2. The fourth-order valence-corrected chi connectivity index (χ4v) is 2.80. The fraction of sp³-hybridized carbons (Fsp3) is 0.500. The molecule has 1 amide bonds. The molecule has 2 rings (SSSR count). The van der Waals surface area contributed by atoms with Crippen molar-refractivity contribution in [2.75, 3.05) is 19.8 Å². The van der Waals surface area contributed by atoms with Crippen molar-refractivity contribution in [1.29, 1.82) is 0 Å². The van der Waals surface area contributed by atoms with Crippen LogP contribution in [0.25, 0.3) is 0 Å². The van der Waals surface area contributed by atoms with Crippen LogP contribution >= 0.6 is 15.9 Å². The smallest absolute Gasteiger partial charge is 0.311 e. The molecule has 23 heavy (non-hydrogen) atoms. The molecule has 0 saturated carbocycles. The number of hydrogen-bond acceptors (Lipinski definition) is 4. The van der Waals surface area contributed by atoms with Crippen LogP contribution in [-0.2, 0) is 14.3 Å². The Morgan fingerprint density at radius 3 is 2.74 bits per heavy atom. The normalized spacial score (nSPS) is 18.0. The molecule has 1 atom stereocenters. The zero-order valence-electron chi connectivity index (χ0n) is 12.9. The van der Waals surface area contributed by atoms with Crippen molar-refractivity contribution in [3.05, 3.63) is 28.7 Å². The minimum atomic E-state index is -0.955. The number of benzene rings is 1. The number of halogens is 1. The van der Waals surface area contributed by atoms with Crippen LogP contribution in [0.4, 0.5) is 0 Å². The van der Waals surface area contributed by atoms with Crippen LogP contribution in [0.5, 0.6) is 5.75 Å². The lowest BCUT2D eigenvalue weighted by molar-refractivity contribution is -0.155. The fourth-order valence-electron chi connectivity index (χ4n) is 2.43. The highest BCUT2D eigenvalue weighted by Crippen LogP contribution is 2.30. The van der Waals surface area contributed by atoms with Gasteiger partial charge in [-0.25, -0.2) is 0 Å². The highest BCUT2D eigenvalue weighted by atomic mass is 79.9. The Labute approximate surface area is 143 Å². The molecule has 7 heteroatoms. The number of nitrogens with one attached hydrogen (secondary N) is 1. The maximum absolute atomic E-state index is 12.2. The Kier molecular flexibility index (Phi) is 6.01. The summed E-state index contributed by atoms with van der Waals surface area (Å²) >= 11 is 3.34. The van der Waals surface area contributed by atoms with Gasteiger partial charge in [0.05, 0.1) is 5.41 Å². The number of amides is 1. The number of carboxylic acid groups (broad SMARTS) is 1. The predicted octanol–water partition coefficient (Wildman–Crippen LogP) is 2.21. The van der Waals surface area contributed by atoms with Crippen molar-refractivity contribution in [2.24, 2.45) is 5.41 Å². The molecular weight excluding hydrogens is 366 g/mol. The molecule has 0 aromatic heterocycles. The van der Waals surface area contributed by atoms with Crippen molar-refractivity contribution >= 4 is 27.8 Å². The van der Waals surface area contributed by atoms with Crippen LogP contribution in [-0.4, -0.2) is 42.8 Å². The Bertz CT molecular complexity index is 571. The third kappa shape index (κ3) is 4.68. The van der Waals surface area contributed by atoms with Crippen molar-refractivity contribution in [1.82, 2.24) is 5.32 Å². The third-order valence-corrected chi connectivity index (χ3v) is 4.48. The van der Waals surface area contributed by atoms with Gasteiger partial charge in [-0.2, -0.15) is 0 Å². The Morgan fingerprint density at radius 2 is 2.13 bits per heavy atom. The van der Waals surface area contributed by atoms with E-state index in [1.54, 1.807) is 19.1 Å². The lowest BCUT2D eigenvalue weighted by Gasteiger charge is -2.33. The van der Waals surface area contributed by atoms with Crippen LogP contribution in [0.2, 0.25) is 0 Å². The molecule has 1 fully saturated rings. The van der Waals surface area contributed by atoms with Crippen LogP contribution in [0.3, 0.4) is 0 Å². The zero-order chi connectivity index (χ0) is 16.9. The molecule has 1 unspecified atom stereocenters. The van der Waals surface area contributed by atoms with E-state index in [1.165, 1.54) is 0 Å². The molecule has 0 radical (unpaired) electrons.